The Morgan fingerprint density at radius 2 is 2.00 bits per heavy atom. The molecule has 0 unspecified atom stereocenters. The summed E-state index contributed by atoms with van der Waals surface area (Å²) < 4.78 is 0. The van der Waals surface area contributed by atoms with Crippen molar-refractivity contribution in [3.63, 3.8) is 0 Å². The normalized spacial score (nSPS) is 10.5. The zero-order valence-electron chi connectivity index (χ0n) is 5.88. The van der Waals surface area contributed by atoms with E-state index in [2.05, 4.69) is 0 Å². The SMILES string of the molecule is Clc1csc(-c2cccs2)c1Cl. The first-order chi connectivity index (χ1) is 5.79. The zero-order chi connectivity index (χ0) is 8.55. The van der Waals surface area contributed by atoms with Crippen molar-refractivity contribution in [2.45, 2.75) is 0 Å². The molecule has 12 heavy (non-hydrogen) atoms. The molecule has 0 radical (unpaired) electrons. The summed E-state index contributed by atoms with van der Waals surface area (Å²) in [5.74, 6) is 0. The van der Waals surface area contributed by atoms with Gasteiger partial charge in [-0.3, -0.25) is 0 Å². The van der Waals surface area contributed by atoms with E-state index in [1.165, 1.54) is 4.88 Å². The molecule has 4 heteroatoms. The lowest BCUT2D eigenvalue weighted by Crippen LogP contribution is -1.62. The van der Waals surface area contributed by atoms with Gasteiger partial charge in [-0.1, -0.05) is 29.3 Å². The van der Waals surface area contributed by atoms with Crippen molar-refractivity contribution in [1.29, 1.82) is 0 Å². The highest BCUT2D eigenvalue weighted by atomic mass is 35.5. The number of thiophene rings is 2. The van der Waals surface area contributed by atoms with Crippen LogP contribution in [-0.4, -0.2) is 0 Å². The standard InChI is InChI=1S/C8H4Cl2S2/c9-5-4-12-8(7(5)10)6-2-1-3-11-6/h1-4H. The average molecular weight is 235 g/mol. The Balaban J connectivity index is 2.55. The Morgan fingerprint density at radius 3 is 2.50 bits per heavy atom. The maximum atomic E-state index is 5.99. The molecule has 0 aliphatic carbocycles. The number of hydrogen-bond acceptors (Lipinski definition) is 2. The van der Waals surface area contributed by atoms with Crippen LogP contribution < -0.4 is 0 Å². The molecule has 0 aliphatic heterocycles. The molecule has 2 rings (SSSR count). The Morgan fingerprint density at radius 1 is 1.17 bits per heavy atom. The molecule has 0 saturated heterocycles. The van der Waals surface area contributed by atoms with Crippen LogP contribution in [0.25, 0.3) is 9.75 Å². The molecule has 2 aromatic heterocycles. The van der Waals surface area contributed by atoms with Crippen LogP contribution in [-0.2, 0) is 0 Å². The van der Waals surface area contributed by atoms with Gasteiger partial charge >= 0.3 is 0 Å². The second kappa shape index (κ2) is 3.38. The van der Waals surface area contributed by atoms with Crippen LogP contribution in [0.5, 0.6) is 0 Å². The van der Waals surface area contributed by atoms with Gasteiger partial charge in [-0.15, -0.1) is 22.7 Å². The Labute approximate surface area is 88.4 Å². The molecule has 0 amide bonds. The maximum Gasteiger partial charge on any atom is 0.0786 e. The number of halogens is 2. The van der Waals surface area contributed by atoms with Crippen LogP contribution >= 0.6 is 45.9 Å². The number of rotatable bonds is 1. The largest absolute Gasteiger partial charge is 0.143 e. The molecule has 0 N–H and O–H groups in total. The third-order valence-corrected chi connectivity index (χ3v) is 4.49. The van der Waals surface area contributed by atoms with E-state index in [9.17, 15) is 0 Å². The first-order valence-corrected chi connectivity index (χ1v) is 5.77. The second-order valence-corrected chi connectivity index (χ2v) is 4.82. The van der Waals surface area contributed by atoms with Gasteiger partial charge in [0.05, 0.1) is 14.9 Å². The quantitative estimate of drug-likeness (QED) is 0.667. The monoisotopic (exact) mass is 234 g/mol. The molecule has 0 atom stereocenters. The Hall–Kier alpha value is -0.0200. The molecule has 0 bridgehead atoms. The molecule has 2 heterocycles. The highest BCUT2D eigenvalue weighted by Gasteiger charge is 2.09. The fraction of sp³-hybridized carbons (Fsp3) is 0. The Bertz CT molecular complexity index is 376. The Kier molecular flexibility index (Phi) is 2.42. The van der Waals surface area contributed by atoms with Crippen molar-refractivity contribution in [3.05, 3.63) is 32.9 Å². The van der Waals surface area contributed by atoms with E-state index >= 15 is 0 Å². The van der Waals surface area contributed by atoms with Gasteiger partial charge in [0.15, 0.2) is 0 Å². The van der Waals surface area contributed by atoms with Crippen LogP contribution in [0.15, 0.2) is 22.9 Å². The van der Waals surface area contributed by atoms with Gasteiger partial charge in [-0.05, 0) is 11.4 Å². The van der Waals surface area contributed by atoms with Gasteiger partial charge in [0.1, 0.15) is 0 Å². The predicted octanol–water partition coefficient (Wildman–Crippen LogP) is 4.78. The van der Waals surface area contributed by atoms with E-state index in [1.807, 2.05) is 22.9 Å². The minimum absolute atomic E-state index is 0.644. The number of hydrogen-bond donors (Lipinski definition) is 0. The van der Waals surface area contributed by atoms with E-state index in [0.29, 0.717) is 10.0 Å². The summed E-state index contributed by atoms with van der Waals surface area (Å²) in [6.45, 7) is 0. The lowest BCUT2D eigenvalue weighted by molar-refractivity contribution is 1.92. The summed E-state index contributed by atoms with van der Waals surface area (Å²) in [5.41, 5.74) is 0. The molecule has 62 valence electrons. The van der Waals surface area contributed by atoms with E-state index in [1.54, 1.807) is 22.7 Å². The van der Waals surface area contributed by atoms with E-state index < -0.39 is 0 Å². The van der Waals surface area contributed by atoms with Gasteiger partial charge < -0.3 is 0 Å². The van der Waals surface area contributed by atoms with Crippen LogP contribution in [0.1, 0.15) is 0 Å². The van der Waals surface area contributed by atoms with Gasteiger partial charge in [-0.25, -0.2) is 0 Å². The highest BCUT2D eigenvalue weighted by Crippen LogP contribution is 2.40. The smallest absolute Gasteiger partial charge is 0.0786 e. The minimum atomic E-state index is 0.644. The zero-order valence-corrected chi connectivity index (χ0v) is 9.03. The van der Waals surface area contributed by atoms with Crippen LogP contribution in [0.2, 0.25) is 10.0 Å². The summed E-state index contributed by atoms with van der Waals surface area (Å²) in [4.78, 5) is 2.24. The van der Waals surface area contributed by atoms with Gasteiger partial charge in [0.2, 0.25) is 0 Å². The molecule has 0 spiro atoms. The summed E-state index contributed by atoms with van der Waals surface area (Å²) in [7, 11) is 0. The molecule has 0 saturated carbocycles. The molecule has 0 aromatic carbocycles. The molecule has 0 fully saturated rings. The average Bonchev–Trinajstić information content (AvgIpc) is 2.64. The first-order valence-electron chi connectivity index (χ1n) is 3.25. The van der Waals surface area contributed by atoms with Crippen LogP contribution in [0, 0.1) is 0 Å². The molecule has 0 aliphatic rings. The lowest BCUT2D eigenvalue weighted by Gasteiger charge is -1.91. The van der Waals surface area contributed by atoms with Gasteiger partial charge in [-0.2, -0.15) is 0 Å². The van der Waals surface area contributed by atoms with Crippen molar-refractivity contribution >= 4 is 45.9 Å². The van der Waals surface area contributed by atoms with Gasteiger partial charge in [0, 0.05) is 10.3 Å². The topological polar surface area (TPSA) is 0 Å². The minimum Gasteiger partial charge on any atom is -0.143 e. The van der Waals surface area contributed by atoms with Crippen molar-refractivity contribution in [2.24, 2.45) is 0 Å². The van der Waals surface area contributed by atoms with Crippen molar-refractivity contribution in [3.8, 4) is 9.75 Å². The van der Waals surface area contributed by atoms with Crippen molar-refractivity contribution in [2.75, 3.05) is 0 Å². The third kappa shape index (κ3) is 1.40. The van der Waals surface area contributed by atoms with Crippen molar-refractivity contribution in [1.82, 2.24) is 0 Å². The summed E-state index contributed by atoms with van der Waals surface area (Å²) in [6.07, 6.45) is 0. The summed E-state index contributed by atoms with van der Waals surface area (Å²) in [6, 6.07) is 4.04. The third-order valence-electron chi connectivity index (χ3n) is 1.43. The lowest BCUT2D eigenvalue weighted by atomic mass is 10.4. The second-order valence-electron chi connectivity index (χ2n) is 2.20. The van der Waals surface area contributed by atoms with E-state index in [4.69, 9.17) is 23.2 Å². The highest BCUT2D eigenvalue weighted by molar-refractivity contribution is 7.21. The summed E-state index contributed by atoms with van der Waals surface area (Å²) >= 11 is 15.1. The molecule has 2 aromatic rings. The molecular formula is C8H4Cl2S2. The fourth-order valence-electron chi connectivity index (χ4n) is 0.897. The first kappa shape index (κ1) is 8.57. The van der Waals surface area contributed by atoms with E-state index in [-0.39, 0.29) is 0 Å². The molecule has 0 nitrogen and oxygen atoms in total. The molecular weight excluding hydrogens is 231 g/mol. The van der Waals surface area contributed by atoms with Gasteiger partial charge in [0.25, 0.3) is 0 Å². The maximum absolute atomic E-state index is 5.99. The van der Waals surface area contributed by atoms with Crippen LogP contribution in [0.3, 0.4) is 0 Å². The van der Waals surface area contributed by atoms with Crippen LogP contribution in [0.4, 0.5) is 0 Å². The van der Waals surface area contributed by atoms with Crippen molar-refractivity contribution < 1.29 is 0 Å². The predicted molar refractivity (Wildman–Crippen MR) is 57.7 cm³/mol. The summed E-state index contributed by atoms with van der Waals surface area (Å²) in [5, 5.41) is 5.20. The fourth-order valence-corrected chi connectivity index (χ4v) is 3.29. The van der Waals surface area contributed by atoms with E-state index in [0.717, 1.165) is 4.88 Å².